The van der Waals surface area contributed by atoms with Crippen LogP contribution in [-0.2, 0) is 15.8 Å². The van der Waals surface area contributed by atoms with Crippen LogP contribution in [-0.4, -0.2) is 15.0 Å². The fourth-order valence-corrected chi connectivity index (χ4v) is 2.52. The maximum absolute atomic E-state index is 11.7. The lowest BCUT2D eigenvalue weighted by atomic mass is 10.1. The molecule has 0 aliphatic heterocycles. The van der Waals surface area contributed by atoms with E-state index >= 15 is 0 Å². The van der Waals surface area contributed by atoms with E-state index in [1.54, 1.807) is 30.3 Å². The summed E-state index contributed by atoms with van der Waals surface area (Å²) < 4.78 is 25.8. The Hall–Kier alpha value is -1.64. The predicted molar refractivity (Wildman–Crippen MR) is 66.6 cm³/mol. The Bertz CT molecular complexity index is 530. The lowest BCUT2D eigenvalue weighted by Gasteiger charge is -2.06. The summed E-state index contributed by atoms with van der Waals surface area (Å²) in [7, 11) is -3.39. The molecule has 0 aromatic heterocycles. The molecular weight excluding hydrogens is 236 g/mol. The molecule has 0 saturated heterocycles. The first kappa shape index (κ1) is 13.4. The molecule has 0 radical (unpaired) electrons. The standard InChI is InChI=1S/C12H14N2O2S/c1-2-3-8-14-17(15,16)10-12-7-5-4-6-11(12)9-13/h2,4-7,14H,1,3,8,10H2. The van der Waals surface area contributed by atoms with Crippen LogP contribution in [0.25, 0.3) is 0 Å². The second kappa shape index (κ2) is 6.18. The van der Waals surface area contributed by atoms with Gasteiger partial charge in [0, 0.05) is 6.54 Å². The Labute approximate surface area is 102 Å². The molecule has 90 valence electrons. The Kier molecular flexibility index (Phi) is 4.88. The number of nitrogens with zero attached hydrogens (tertiary/aromatic N) is 1. The quantitative estimate of drug-likeness (QED) is 0.615. The largest absolute Gasteiger partial charge is 0.215 e. The van der Waals surface area contributed by atoms with Gasteiger partial charge in [0.2, 0.25) is 10.0 Å². The Morgan fingerprint density at radius 3 is 2.76 bits per heavy atom. The van der Waals surface area contributed by atoms with E-state index in [9.17, 15) is 8.42 Å². The predicted octanol–water partition coefficient (Wildman–Crippen LogP) is 1.55. The lowest BCUT2D eigenvalue weighted by Crippen LogP contribution is -2.26. The zero-order chi connectivity index (χ0) is 12.7. The zero-order valence-corrected chi connectivity index (χ0v) is 10.2. The van der Waals surface area contributed by atoms with Gasteiger partial charge in [0.25, 0.3) is 0 Å². The maximum atomic E-state index is 11.7. The molecule has 0 bridgehead atoms. The van der Waals surface area contributed by atoms with Crippen LogP contribution in [0.5, 0.6) is 0 Å². The number of nitrogens with one attached hydrogen (secondary N) is 1. The molecule has 0 saturated carbocycles. The van der Waals surface area contributed by atoms with E-state index in [1.807, 2.05) is 6.07 Å². The van der Waals surface area contributed by atoms with Gasteiger partial charge >= 0.3 is 0 Å². The first-order valence-electron chi connectivity index (χ1n) is 5.15. The topological polar surface area (TPSA) is 70.0 Å². The average Bonchev–Trinajstić information content (AvgIpc) is 2.29. The second-order valence-electron chi connectivity index (χ2n) is 3.50. The van der Waals surface area contributed by atoms with Crippen molar-refractivity contribution >= 4 is 10.0 Å². The Morgan fingerprint density at radius 2 is 2.12 bits per heavy atom. The molecule has 17 heavy (non-hydrogen) atoms. The summed E-state index contributed by atoms with van der Waals surface area (Å²) >= 11 is 0. The molecule has 1 N–H and O–H groups in total. The van der Waals surface area contributed by atoms with Gasteiger partial charge in [-0.15, -0.1) is 6.58 Å². The van der Waals surface area contributed by atoms with Crippen LogP contribution < -0.4 is 4.72 Å². The summed E-state index contributed by atoms with van der Waals surface area (Å²) in [6.07, 6.45) is 2.23. The monoisotopic (exact) mass is 250 g/mol. The average molecular weight is 250 g/mol. The third kappa shape index (κ3) is 4.39. The fourth-order valence-electron chi connectivity index (χ4n) is 1.33. The minimum absolute atomic E-state index is 0.173. The van der Waals surface area contributed by atoms with Crippen molar-refractivity contribution in [2.75, 3.05) is 6.54 Å². The second-order valence-corrected chi connectivity index (χ2v) is 5.31. The molecule has 0 amide bonds. The Balaban J connectivity index is 2.77. The van der Waals surface area contributed by atoms with E-state index in [1.165, 1.54) is 0 Å². The van der Waals surface area contributed by atoms with Gasteiger partial charge in [-0.2, -0.15) is 5.26 Å². The summed E-state index contributed by atoms with van der Waals surface area (Å²) in [5.74, 6) is -0.173. The number of hydrogen-bond donors (Lipinski definition) is 1. The van der Waals surface area contributed by atoms with Crippen LogP contribution in [0.3, 0.4) is 0 Å². The molecule has 5 heteroatoms. The summed E-state index contributed by atoms with van der Waals surface area (Å²) in [5.41, 5.74) is 0.905. The van der Waals surface area contributed by atoms with Gasteiger partial charge in [-0.3, -0.25) is 0 Å². The summed E-state index contributed by atoms with van der Waals surface area (Å²) in [5, 5.41) is 8.85. The zero-order valence-electron chi connectivity index (χ0n) is 9.39. The van der Waals surface area contributed by atoms with E-state index in [2.05, 4.69) is 11.3 Å². The number of sulfonamides is 1. The van der Waals surface area contributed by atoms with E-state index < -0.39 is 10.0 Å². The lowest BCUT2D eigenvalue weighted by molar-refractivity contribution is 0.581. The van der Waals surface area contributed by atoms with Crippen molar-refractivity contribution in [2.45, 2.75) is 12.2 Å². The van der Waals surface area contributed by atoms with Gasteiger partial charge in [-0.05, 0) is 18.1 Å². The molecule has 4 nitrogen and oxygen atoms in total. The van der Waals surface area contributed by atoms with E-state index in [4.69, 9.17) is 5.26 Å². The maximum Gasteiger partial charge on any atom is 0.215 e. The van der Waals surface area contributed by atoms with Crippen molar-refractivity contribution < 1.29 is 8.42 Å². The van der Waals surface area contributed by atoms with E-state index in [-0.39, 0.29) is 5.75 Å². The molecule has 1 rings (SSSR count). The molecule has 0 heterocycles. The summed E-state index contributed by atoms with van der Waals surface area (Å²) in [6, 6.07) is 8.65. The van der Waals surface area contributed by atoms with Gasteiger partial charge < -0.3 is 0 Å². The molecule has 1 aromatic carbocycles. The van der Waals surface area contributed by atoms with Crippen LogP contribution in [0, 0.1) is 11.3 Å². The third-order valence-corrected chi connectivity index (χ3v) is 3.49. The SMILES string of the molecule is C=CCCNS(=O)(=O)Cc1ccccc1C#N. The highest BCUT2D eigenvalue weighted by molar-refractivity contribution is 7.88. The molecule has 0 fully saturated rings. The summed E-state index contributed by atoms with van der Waals surface area (Å²) in [6.45, 7) is 3.85. The number of benzene rings is 1. The van der Waals surface area contributed by atoms with Crippen LogP contribution in [0.4, 0.5) is 0 Å². The first-order chi connectivity index (χ1) is 8.09. The minimum atomic E-state index is -3.39. The van der Waals surface area contributed by atoms with Crippen LogP contribution in [0.1, 0.15) is 17.5 Å². The highest BCUT2D eigenvalue weighted by atomic mass is 32.2. The molecule has 0 unspecified atom stereocenters. The highest BCUT2D eigenvalue weighted by Gasteiger charge is 2.12. The van der Waals surface area contributed by atoms with Crippen molar-refractivity contribution in [1.82, 2.24) is 4.72 Å². The van der Waals surface area contributed by atoms with Crippen LogP contribution >= 0.6 is 0 Å². The molecule has 1 aromatic rings. The van der Waals surface area contributed by atoms with Gasteiger partial charge in [0.05, 0.1) is 17.4 Å². The first-order valence-corrected chi connectivity index (χ1v) is 6.80. The van der Waals surface area contributed by atoms with Crippen molar-refractivity contribution in [3.8, 4) is 6.07 Å². The Morgan fingerprint density at radius 1 is 1.41 bits per heavy atom. The van der Waals surface area contributed by atoms with Crippen molar-refractivity contribution in [3.63, 3.8) is 0 Å². The van der Waals surface area contributed by atoms with Gasteiger partial charge in [-0.1, -0.05) is 24.3 Å². The number of hydrogen-bond acceptors (Lipinski definition) is 3. The third-order valence-electron chi connectivity index (χ3n) is 2.15. The fraction of sp³-hybridized carbons (Fsp3) is 0.250. The molecular formula is C12H14N2O2S. The number of nitriles is 1. The van der Waals surface area contributed by atoms with Gasteiger partial charge in [-0.25, -0.2) is 13.1 Å². The van der Waals surface area contributed by atoms with Gasteiger partial charge in [0.1, 0.15) is 0 Å². The van der Waals surface area contributed by atoms with Gasteiger partial charge in [0.15, 0.2) is 0 Å². The van der Waals surface area contributed by atoms with Crippen LogP contribution in [0.15, 0.2) is 36.9 Å². The van der Waals surface area contributed by atoms with E-state index in [0.717, 1.165) is 0 Å². The smallest absolute Gasteiger partial charge is 0.215 e. The summed E-state index contributed by atoms with van der Waals surface area (Å²) in [4.78, 5) is 0. The normalized spacial score (nSPS) is 10.8. The molecule has 0 spiro atoms. The van der Waals surface area contributed by atoms with E-state index in [0.29, 0.717) is 24.1 Å². The number of rotatable bonds is 6. The van der Waals surface area contributed by atoms with Crippen molar-refractivity contribution in [3.05, 3.63) is 48.0 Å². The van der Waals surface area contributed by atoms with Crippen molar-refractivity contribution in [2.24, 2.45) is 0 Å². The molecule has 0 aliphatic carbocycles. The molecule has 0 atom stereocenters. The highest BCUT2D eigenvalue weighted by Crippen LogP contribution is 2.10. The molecule has 0 aliphatic rings. The van der Waals surface area contributed by atoms with Crippen molar-refractivity contribution in [1.29, 1.82) is 5.26 Å². The van der Waals surface area contributed by atoms with Crippen LogP contribution in [0.2, 0.25) is 0 Å². The minimum Gasteiger partial charge on any atom is -0.215 e.